The molecule has 0 spiro atoms. The zero-order valence-corrected chi connectivity index (χ0v) is 9.27. The lowest BCUT2D eigenvalue weighted by Gasteiger charge is -2.02. The second kappa shape index (κ2) is 4.32. The molecule has 0 saturated carbocycles. The van der Waals surface area contributed by atoms with Crippen LogP contribution in [0.25, 0.3) is 0 Å². The van der Waals surface area contributed by atoms with Gasteiger partial charge in [0.25, 0.3) is 5.91 Å². The molecule has 16 heavy (non-hydrogen) atoms. The van der Waals surface area contributed by atoms with Crippen molar-refractivity contribution in [1.82, 2.24) is 14.8 Å². The maximum absolute atomic E-state index is 11.8. The number of aromatic nitrogens is 3. The van der Waals surface area contributed by atoms with E-state index in [0.29, 0.717) is 16.4 Å². The summed E-state index contributed by atoms with van der Waals surface area (Å²) in [6.45, 7) is 0. The van der Waals surface area contributed by atoms with Crippen molar-refractivity contribution >= 4 is 23.3 Å². The molecule has 0 aliphatic heterocycles. The number of halogens is 1. The normalized spacial score (nSPS) is 10.1. The number of carbonyl (C=O) groups is 1. The van der Waals surface area contributed by atoms with Gasteiger partial charge in [0.15, 0.2) is 5.82 Å². The molecule has 0 atom stereocenters. The van der Waals surface area contributed by atoms with Crippen LogP contribution in [-0.4, -0.2) is 20.7 Å². The minimum Gasteiger partial charge on any atom is -0.305 e. The van der Waals surface area contributed by atoms with E-state index >= 15 is 0 Å². The zero-order valence-electron chi connectivity index (χ0n) is 8.51. The molecule has 1 amide bonds. The van der Waals surface area contributed by atoms with Gasteiger partial charge >= 0.3 is 0 Å². The van der Waals surface area contributed by atoms with Crippen molar-refractivity contribution in [2.45, 2.75) is 0 Å². The second-order valence-corrected chi connectivity index (χ2v) is 3.59. The number of carbonyl (C=O) groups excluding carboxylic acids is 1. The molecule has 2 aromatic heterocycles. The Bertz CT molecular complexity index is 523. The highest BCUT2D eigenvalue weighted by Crippen LogP contribution is 2.14. The van der Waals surface area contributed by atoms with Gasteiger partial charge in [0.05, 0.1) is 10.6 Å². The quantitative estimate of drug-likeness (QED) is 0.864. The van der Waals surface area contributed by atoms with Gasteiger partial charge in [0, 0.05) is 31.7 Å². The van der Waals surface area contributed by atoms with Crippen molar-refractivity contribution in [3.63, 3.8) is 0 Å². The van der Waals surface area contributed by atoms with Crippen LogP contribution in [0.3, 0.4) is 0 Å². The number of pyridine rings is 1. The first-order valence-corrected chi connectivity index (χ1v) is 4.95. The van der Waals surface area contributed by atoms with E-state index in [1.807, 2.05) is 0 Å². The number of hydrogen-bond donors (Lipinski definition) is 1. The fourth-order valence-electron chi connectivity index (χ4n) is 1.21. The molecule has 0 aliphatic carbocycles. The number of rotatable bonds is 2. The number of aryl methyl sites for hydroxylation is 1. The molecule has 2 aromatic rings. The first-order chi connectivity index (χ1) is 7.66. The van der Waals surface area contributed by atoms with Gasteiger partial charge in [0.2, 0.25) is 0 Å². The SMILES string of the molecule is Cn1ccc(NC(=O)c2cnccc2Cl)n1. The number of nitrogens with one attached hydrogen (secondary N) is 1. The molecule has 6 heteroatoms. The summed E-state index contributed by atoms with van der Waals surface area (Å²) in [5.74, 6) is 0.157. The topological polar surface area (TPSA) is 59.8 Å². The van der Waals surface area contributed by atoms with Gasteiger partial charge in [-0.25, -0.2) is 0 Å². The van der Waals surface area contributed by atoms with Gasteiger partial charge in [-0.1, -0.05) is 11.6 Å². The average Bonchev–Trinajstić information content (AvgIpc) is 2.64. The van der Waals surface area contributed by atoms with Gasteiger partial charge < -0.3 is 5.32 Å². The summed E-state index contributed by atoms with van der Waals surface area (Å²) >= 11 is 5.86. The lowest BCUT2D eigenvalue weighted by Crippen LogP contribution is -2.13. The van der Waals surface area contributed by atoms with Crippen LogP contribution in [0.2, 0.25) is 5.02 Å². The molecule has 1 N–H and O–H groups in total. The third-order valence-corrected chi connectivity index (χ3v) is 2.30. The molecule has 0 saturated heterocycles. The standard InChI is InChI=1S/C10H9ClN4O/c1-15-5-3-9(14-15)13-10(16)7-6-12-4-2-8(7)11/h2-6H,1H3,(H,13,14,16). The van der Waals surface area contributed by atoms with Crippen molar-refractivity contribution in [3.8, 4) is 0 Å². The van der Waals surface area contributed by atoms with E-state index in [4.69, 9.17) is 11.6 Å². The minimum atomic E-state index is -0.322. The van der Waals surface area contributed by atoms with Crippen LogP contribution >= 0.6 is 11.6 Å². The van der Waals surface area contributed by atoms with E-state index in [0.717, 1.165) is 0 Å². The van der Waals surface area contributed by atoms with E-state index in [-0.39, 0.29) is 5.91 Å². The van der Waals surface area contributed by atoms with E-state index in [1.54, 1.807) is 30.1 Å². The first-order valence-electron chi connectivity index (χ1n) is 4.57. The van der Waals surface area contributed by atoms with Crippen LogP contribution in [-0.2, 0) is 7.05 Å². The molecule has 2 rings (SSSR count). The van der Waals surface area contributed by atoms with Gasteiger partial charge in [-0.3, -0.25) is 14.5 Å². The third-order valence-electron chi connectivity index (χ3n) is 1.97. The Morgan fingerprint density at radius 3 is 2.94 bits per heavy atom. The monoisotopic (exact) mass is 236 g/mol. The maximum atomic E-state index is 11.8. The van der Waals surface area contributed by atoms with Gasteiger partial charge in [0.1, 0.15) is 0 Å². The van der Waals surface area contributed by atoms with Crippen LogP contribution in [0.1, 0.15) is 10.4 Å². The van der Waals surface area contributed by atoms with Crippen molar-refractivity contribution in [1.29, 1.82) is 0 Å². The van der Waals surface area contributed by atoms with Crippen molar-refractivity contribution < 1.29 is 4.79 Å². The first kappa shape index (κ1) is 10.6. The fraction of sp³-hybridized carbons (Fsp3) is 0.100. The second-order valence-electron chi connectivity index (χ2n) is 3.18. The fourth-order valence-corrected chi connectivity index (χ4v) is 1.40. The lowest BCUT2D eigenvalue weighted by atomic mass is 10.2. The Kier molecular flexibility index (Phi) is 2.87. The Labute approximate surface area is 97.1 Å². The molecule has 0 aromatic carbocycles. The van der Waals surface area contributed by atoms with Crippen LogP contribution in [0.4, 0.5) is 5.82 Å². The molecule has 0 fully saturated rings. The van der Waals surface area contributed by atoms with Crippen molar-refractivity contribution in [2.24, 2.45) is 7.05 Å². The maximum Gasteiger partial charge on any atom is 0.259 e. The third kappa shape index (κ3) is 2.20. The Morgan fingerprint density at radius 2 is 2.31 bits per heavy atom. The molecular formula is C10H9ClN4O. The summed E-state index contributed by atoms with van der Waals surface area (Å²) < 4.78 is 1.60. The van der Waals surface area contributed by atoms with Crippen molar-refractivity contribution in [3.05, 3.63) is 41.3 Å². The lowest BCUT2D eigenvalue weighted by molar-refractivity contribution is 0.102. The molecule has 5 nitrogen and oxygen atoms in total. The van der Waals surface area contributed by atoms with Gasteiger partial charge in [-0.2, -0.15) is 5.10 Å². The summed E-state index contributed by atoms with van der Waals surface area (Å²) in [4.78, 5) is 15.6. The average molecular weight is 237 g/mol. The summed E-state index contributed by atoms with van der Waals surface area (Å²) in [6, 6.07) is 3.26. The van der Waals surface area contributed by atoms with E-state index in [9.17, 15) is 4.79 Å². The van der Waals surface area contributed by atoms with Crippen molar-refractivity contribution in [2.75, 3.05) is 5.32 Å². The molecule has 82 valence electrons. The Morgan fingerprint density at radius 1 is 1.50 bits per heavy atom. The zero-order chi connectivity index (χ0) is 11.5. The number of anilines is 1. The largest absolute Gasteiger partial charge is 0.305 e. The van der Waals surface area contributed by atoms with Gasteiger partial charge in [-0.15, -0.1) is 0 Å². The van der Waals surface area contributed by atoms with E-state index in [1.165, 1.54) is 12.4 Å². The highest BCUT2D eigenvalue weighted by molar-refractivity contribution is 6.34. The minimum absolute atomic E-state index is 0.322. The Hall–Kier alpha value is -1.88. The van der Waals surface area contributed by atoms with E-state index in [2.05, 4.69) is 15.4 Å². The number of amides is 1. The summed E-state index contributed by atoms with van der Waals surface area (Å²) in [5, 5.41) is 7.02. The van der Waals surface area contributed by atoms with Crippen LogP contribution in [0.5, 0.6) is 0 Å². The highest BCUT2D eigenvalue weighted by atomic mass is 35.5. The molecule has 0 aliphatic rings. The summed E-state index contributed by atoms with van der Waals surface area (Å²) in [7, 11) is 1.77. The highest BCUT2D eigenvalue weighted by Gasteiger charge is 2.11. The molecule has 2 heterocycles. The molecule has 0 bridgehead atoms. The van der Waals surface area contributed by atoms with Gasteiger partial charge in [-0.05, 0) is 6.07 Å². The predicted octanol–water partition coefficient (Wildman–Crippen LogP) is 1.72. The Balaban J connectivity index is 2.18. The summed E-state index contributed by atoms with van der Waals surface area (Å²) in [5.41, 5.74) is 0.329. The number of hydrogen-bond acceptors (Lipinski definition) is 3. The predicted molar refractivity (Wildman–Crippen MR) is 60.4 cm³/mol. The van der Waals surface area contributed by atoms with Crippen LogP contribution in [0.15, 0.2) is 30.7 Å². The summed E-state index contributed by atoms with van der Waals surface area (Å²) in [6.07, 6.45) is 4.68. The molecule has 0 unspecified atom stereocenters. The molecule has 0 radical (unpaired) electrons. The smallest absolute Gasteiger partial charge is 0.259 e. The molecular weight excluding hydrogens is 228 g/mol. The van der Waals surface area contributed by atoms with Crippen LogP contribution < -0.4 is 5.32 Å². The number of nitrogens with zero attached hydrogens (tertiary/aromatic N) is 3. The van der Waals surface area contributed by atoms with E-state index < -0.39 is 0 Å². The van der Waals surface area contributed by atoms with Crippen LogP contribution in [0, 0.1) is 0 Å².